The molecule has 0 heterocycles. The van der Waals surface area contributed by atoms with Crippen LogP contribution < -0.4 is 5.73 Å². The van der Waals surface area contributed by atoms with Gasteiger partial charge in [-0.15, -0.1) is 0 Å². The third-order valence-electron chi connectivity index (χ3n) is 1.41. The van der Waals surface area contributed by atoms with Crippen molar-refractivity contribution in [3.8, 4) is 0 Å². The molecule has 12 heavy (non-hydrogen) atoms. The molecule has 0 amide bonds. The van der Waals surface area contributed by atoms with E-state index in [4.69, 9.17) is 26.2 Å². The number of aliphatic hydroxyl groups is 4. The second kappa shape index (κ2) is 5.52. The largest absolute Gasteiger partial charge is 0.394 e. The van der Waals surface area contributed by atoms with Crippen molar-refractivity contribution in [1.29, 1.82) is 0 Å². The summed E-state index contributed by atoms with van der Waals surface area (Å²) in [5.41, 5.74) is 5.27. The zero-order chi connectivity index (χ0) is 9.72. The fraction of sp³-hybridized carbons (Fsp3) is 0.833. The van der Waals surface area contributed by atoms with Gasteiger partial charge in [0.05, 0.1) is 19.3 Å². The lowest BCUT2D eigenvalue weighted by molar-refractivity contribution is 0.0178. The molecule has 6 N–H and O–H groups in total. The topological polar surface area (TPSA) is 107 Å². The third-order valence-corrected chi connectivity index (χ3v) is 1.95. The van der Waals surface area contributed by atoms with Crippen molar-refractivity contribution in [1.82, 2.24) is 0 Å². The van der Waals surface area contributed by atoms with E-state index in [-0.39, 0.29) is 4.86 Å². The fourth-order valence-corrected chi connectivity index (χ4v) is 0.830. The van der Waals surface area contributed by atoms with Crippen molar-refractivity contribution in [3.05, 3.63) is 0 Å². The van der Waals surface area contributed by atoms with Crippen molar-refractivity contribution in [3.63, 3.8) is 0 Å². The van der Waals surface area contributed by atoms with E-state index in [1.807, 2.05) is 0 Å². The summed E-state index contributed by atoms with van der Waals surface area (Å²) in [5, 5.41) is 35.0. The summed E-state index contributed by atoms with van der Waals surface area (Å²) in [6, 6.07) is -0.851. The van der Waals surface area contributed by atoms with Crippen molar-refractivity contribution in [2.75, 3.05) is 13.2 Å². The minimum absolute atomic E-state index is 0.0564. The zero-order valence-corrected chi connectivity index (χ0v) is 7.24. The highest BCUT2D eigenvalue weighted by Gasteiger charge is 2.23. The van der Waals surface area contributed by atoms with E-state index in [0.717, 1.165) is 0 Å². The quantitative estimate of drug-likeness (QED) is 0.308. The first-order valence-electron chi connectivity index (χ1n) is 3.41. The Labute approximate surface area is 75.4 Å². The molecule has 0 saturated carbocycles. The molecule has 0 spiro atoms. The maximum Gasteiger partial charge on any atom is 0.115 e. The maximum atomic E-state index is 9.15. The van der Waals surface area contributed by atoms with Gasteiger partial charge in [0.1, 0.15) is 12.2 Å². The molecule has 72 valence electrons. The Morgan fingerprint density at radius 2 is 1.75 bits per heavy atom. The van der Waals surface area contributed by atoms with Gasteiger partial charge in [-0.05, 0) is 0 Å². The summed E-state index contributed by atoms with van der Waals surface area (Å²) < 4.78 is 0. The monoisotopic (exact) mass is 195 g/mol. The molecule has 0 aromatic rings. The molecule has 0 saturated heterocycles. The van der Waals surface area contributed by atoms with Crippen molar-refractivity contribution >= 4 is 17.1 Å². The van der Waals surface area contributed by atoms with Crippen LogP contribution in [0, 0.1) is 0 Å². The Bertz CT molecular complexity index is 154. The number of hydrogen-bond acceptors (Lipinski definition) is 6. The molecular weight excluding hydrogens is 182 g/mol. The van der Waals surface area contributed by atoms with E-state index >= 15 is 0 Å². The van der Waals surface area contributed by atoms with Crippen LogP contribution in [0.5, 0.6) is 0 Å². The zero-order valence-electron chi connectivity index (χ0n) is 6.42. The van der Waals surface area contributed by atoms with Crippen LogP contribution in [-0.4, -0.2) is 56.8 Å². The van der Waals surface area contributed by atoms with E-state index in [0.29, 0.717) is 0 Å². The molecule has 0 aliphatic rings. The molecule has 0 rings (SSSR count). The number of aliphatic hydroxyl groups excluding tert-OH is 4. The molecular formula is C6H13NO4S. The predicted molar refractivity (Wildman–Crippen MR) is 46.8 cm³/mol. The van der Waals surface area contributed by atoms with Gasteiger partial charge in [-0.2, -0.15) is 0 Å². The summed E-state index contributed by atoms with van der Waals surface area (Å²) in [6.07, 6.45) is -2.71. The molecule has 0 aromatic carbocycles. The van der Waals surface area contributed by atoms with E-state index < -0.39 is 31.5 Å². The normalized spacial score (nSPS) is 18.4. The van der Waals surface area contributed by atoms with Crippen LogP contribution in [0.15, 0.2) is 0 Å². The van der Waals surface area contributed by atoms with Crippen molar-refractivity contribution in [2.45, 2.75) is 18.2 Å². The van der Waals surface area contributed by atoms with E-state index in [9.17, 15) is 0 Å². The molecule has 0 radical (unpaired) electrons. The number of rotatable bonds is 5. The van der Waals surface area contributed by atoms with Crippen LogP contribution in [0.25, 0.3) is 0 Å². The maximum absolute atomic E-state index is 9.15. The van der Waals surface area contributed by atoms with Gasteiger partial charge in [-0.1, -0.05) is 12.2 Å². The van der Waals surface area contributed by atoms with Gasteiger partial charge >= 0.3 is 0 Å². The predicted octanol–water partition coefficient (Wildman–Crippen LogP) is -2.61. The third kappa shape index (κ3) is 3.10. The molecule has 0 bridgehead atoms. The summed E-state index contributed by atoms with van der Waals surface area (Å²) in [4.78, 5) is -0.0564. The van der Waals surface area contributed by atoms with Crippen molar-refractivity contribution in [2.24, 2.45) is 5.73 Å². The molecule has 6 heteroatoms. The molecule has 0 unspecified atom stereocenters. The lowest BCUT2D eigenvalue weighted by atomic mass is 10.1. The van der Waals surface area contributed by atoms with Crippen LogP contribution in [0.2, 0.25) is 0 Å². The lowest BCUT2D eigenvalue weighted by Crippen LogP contribution is -2.46. The van der Waals surface area contributed by atoms with Gasteiger partial charge in [0.2, 0.25) is 0 Å². The first-order chi connectivity index (χ1) is 5.54. The second-order valence-electron chi connectivity index (χ2n) is 2.39. The molecule has 3 atom stereocenters. The Hall–Kier alpha value is -0.110. The fourth-order valence-electron chi connectivity index (χ4n) is 0.599. The number of thiocarbonyl (C=S) groups is 1. The molecule has 5 nitrogen and oxygen atoms in total. The molecule has 0 fully saturated rings. The molecule has 0 aliphatic carbocycles. The van der Waals surface area contributed by atoms with Crippen LogP contribution >= 0.6 is 12.2 Å². The van der Waals surface area contributed by atoms with Crippen LogP contribution in [0.1, 0.15) is 0 Å². The summed E-state index contributed by atoms with van der Waals surface area (Å²) in [6.45, 7) is -0.993. The number of hydrogen-bond donors (Lipinski definition) is 5. The first kappa shape index (κ1) is 11.9. The Morgan fingerprint density at radius 1 is 1.25 bits per heavy atom. The van der Waals surface area contributed by atoms with E-state index in [1.165, 1.54) is 0 Å². The van der Waals surface area contributed by atoms with Gasteiger partial charge in [0.25, 0.3) is 0 Å². The Morgan fingerprint density at radius 3 is 2.08 bits per heavy atom. The standard InChI is InChI=1S/C6H13NO4S/c7-3(1-8)6(12)5(11)4(10)2-9/h3-5,8-11H,1-2,7H2/t3-,4+,5+/m0/s1. The highest BCUT2D eigenvalue weighted by Crippen LogP contribution is 1.99. The highest BCUT2D eigenvalue weighted by molar-refractivity contribution is 7.80. The summed E-state index contributed by atoms with van der Waals surface area (Å²) in [5.74, 6) is 0. The average Bonchev–Trinajstić information content (AvgIpc) is 2.12. The molecule has 0 aromatic heterocycles. The smallest absolute Gasteiger partial charge is 0.115 e. The number of nitrogens with two attached hydrogens (primary N) is 1. The molecule has 0 aliphatic heterocycles. The SMILES string of the molecule is N[C@@H](CO)C(=S)[C@H](O)[C@H](O)CO. The second-order valence-corrected chi connectivity index (χ2v) is 2.86. The summed E-state index contributed by atoms with van der Waals surface area (Å²) >= 11 is 4.63. The summed E-state index contributed by atoms with van der Waals surface area (Å²) in [7, 11) is 0. The van der Waals surface area contributed by atoms with Gasteiger partial charge < -0.3 is 26.2 Å². The minimum Gasteiger partial charge on any atom is -0.394 e. The first-order valence-corrected chi connectivity index (χ1v) is 3.82. The Kier molecular flexibility index (Phi) is 5.47. The van der Waals surface area contributed by atoms with Gasteiger partial charge in [-0.3, -0.25) is 0 Å². The van der Waals surface area contributed by atoms with E-state index in [2.05, 4.69) is 12.2 Å². The van der Waals surface area contributed by atoms with Gasteiger partial charge in [0, 0.05) is 4.86 Å². The average molecular weight is 195 g/mol. The van der Waals surface area contributed by atoms with Crippen LogP contribution in [0.4, 0.5) is 0 Å². The Balaban J connectivity index is 4.09. The van der Waals surface area contributed by atoms with Gasteiger partial charge in [-0.25, -0.2) is 0 Å². The van der Waals surface area contributed by atoms with Crippen LogP contribution in [-0.2, 0) is 0 Å². The van der Waals surface area contributed by atoms with Crippen molar-refractivity contribution < 1.29 is 20.4 Å². The minimum atomic E-state index is -1.37. The lowest BCUT2D eigenvalue weighted by Gasteiger charge is -2.19. The van der Waals surface area contributed by atoms with E-state index in [1.54, 1.807) is 0 Å². The van der Waals surface area contributed by atoms with Gasteiger partial charge in [0.15, 0.2) is 0 Å². The van der Waals surface area contributed by atoms with Crippen LogP contribution in [0.3, 0.4) is 0 Å². The highest BCUT2D eigenvalue weighted by atomic mass is 32.1.